The lowest BCUT2D eigenvalue weighted by molar-refractivity contribution is -0.00547. The van der Waals surface area contributed by atoms with Crippen molar-refractivity contribution in [2.24, 2.45) is 0 Å². The third-order valence-electron chi connectivity index (χ3n) is 5.22. The molecule has 0 radical (unpaired) electrons. The van der Waals surface area contributed by atoms with Gasteiger partial charge in [-0.3, -0.25) is 0 Å². The first kappa shape index (κ1) is 12.6. The molecule has 0 heterocycles. The average molecular weight is 294 g/mol. The summed E-state index contributed by atoms with van der Waals surface area (Å²) in [5, 5.41) is 0. The van der Waals surface area contributed by atoms with Crippen molar-refractivity contribution in [1.82, 2.24) is 0 Å². The zero-order valence-electron chi connectivity index (χ0n) is 12.5. The molecule has 4 aliphatic rings. The van der Waals surface area contributed by atoms with Crippen LogP contribution in [-0.2, 0) is 5.41 Å². The van der Waals surface area contributed by atoms with E-state index >= 15 is 0 Å². The molecule has 108 valence electrons. The molecule has 1 atom stereocenters. The molecule has 1 spiro atoms. The van der Waals surface area contributed by atoms with Crippen molar-refractivity contribution in [2.45, 2.75) is 11.8 Å². The van der Waals surface area contributed by atoms with E-state index in [4.69, 9.17) is 5.53 Å². The lowest BCUT2D eigenvalue weighted by atomic mass is 9.59. The number of rotatable bonds is 0. The van der Waals surface area contributed by atoms with E-state index in [1.54, 1.807) is 0 Å². The molecule has 4 aliphatic carbocycles. The SMILES string of the molecule is [N-]=[N+]=C1C=C2C=CC3=CC=CC4=Cc5ccccc5C34C2=CC1. The van der Waals surface area contributed by atoms with Gasteiger partial charge in [-0.25, -0.2) is 0 Å². The van der Waals surface area contributed by atoms with E-state index in [1.807, 2.05) is 6.08 Å². The molecule has 1 aromatic rings. The molecule has 0 bridgehead atoms. The summed E-state index contributed by atoms with van der Waals surface area (Å²) in [5.41, 5.74) is 17.3. The quantitative estimate of drug-likeness (QED) is 0.505. The Kier molecular flexibility index (Phi) is 2.34. The summed E-state index contributed by atoms with van der Waals surface area (Å²) in [6, 6.07) is 8.63. The van der Waals surface area contributed by atoms with E-state index in [9.17, 15) is 0 Å². The molecule has 0 aromatic heterocycles. The largest absolute Gasteiger partial charge is 0.361 e. The van der Waals surface area contributed by atoms with E-state index in [0.29, 0.717) is 12.1 Å². The standard InChI is InChI=1S/C21H14N2/c22-23-18-10-11-20-15(13-18)8-9-16-5-3-6-17-12-14-4-1-2-7-19(14)21(16,17)20/h1-9,11-13H,10H2. The molecule has 0 aliphatic heterocycles. The minimum atomic E-state index is -0.201. The fraction of sp³-hybridized carbons (Fsp3) is 0.0952. The van der Waals surface area contributed by atoms with Crippen molar-refractivity contribution in [3.63, 3.8) is 0 Å². The first-order chi connectivity index (χ1) is 11.3. The summed E-state index contributed by atoms with van der Waals surface area (Å²) in [4.78, 5) is 3.39. The maximum absolute atomic E-state index is 9.11. The molecule has 0 saturated heterocycles. The zero-order valence-corrected chi connectivity index (χ0v) is 12.5. The highest BCUT2D eigenvalue weighted by atomic mass is 14.9. The van der Waals surface area contributed by atoms with Crippen LogP contribution in [0.1, 0.15) is 17.5 Å². The molecule has 23 heavy (non-hydrogen) atoms. The third kappa shape index (κ3) is 1.44. The van der Waals surface area contributed by atoms with Gasteiger partial charge in [0.15, 0.2) is 0 Å². The number of allylic oxidation sites excluding steroid dienone is 11. The monoisotopic (exact) mass is 294 g/mol. The first-order valence-corrected chi connectivity index (χ1v) is 7.86. The molecular weight excluding hydrogens is 280 g/mol. The fourth-order valence-corrected chi connectivity index (χ4v) is 4.31. The fourth-order valence-electron chi connectivity index (χ4n) is 4.31. The van der Waals surface area contributed by atoms with Crippen LogP contribution >= 0.6 is 0 Å². The van der Waals surface area contributed by atoms with Gasteiger partial charge in [0.05, 0.1) is 11.8 Å². The van der Waals surface area contributed by atoms with Crippen LogP contribution in [0.25, 0.3) is 11.6 Å². The maximum atomic E-state index is 9.11. The average Bonchev–Trinajstić information content (AvgIpc) is 2.95. The normalized spacial score (nSPS) is 26.0. The number of benzene rings is 1. The Labute approximate surface area is 134 Å². The maximum Gasteiger partial charge on any atom is 0.296 e. The highest BCUT2D eigenvalue weighted by molar-refractivity contribution is 5.97. The lowest BCUT2D eigenvalue weighted by Gasteiger charge is -2.42. The van der Waals surface area contributed by atoms with Crippen LogP contribution in [0.5, 0.6) is 0 Å². The van der Waals surface area contributed by atoms with Crippen molar-refractivity contribution in [3.8, 4) is 0 Å². The van der Waals surface area contributed by atoms with Gasteiger partial charge in [-0.1, -0.05) is 60.7 Å². The van der Waals surface area contributed by atoms with Gasteiger partial charge in [0.2, 0.25) is 0 Å². The Morgan fingerprint density at radius 3 is 2.83 bits per heavy atom. The lowest BCUT2D eigenvalue weighted by Crippen LogP contribution is -2.35. The smallest absolute Gasteiger partial charge is 0.296 e. The number of fused-ring (bicyclic) bond motifs is 2. The molecule has 2 heteroatoms. The zero-order chi connectivity index (χ0) is 15.4. The Balaban J connectivity index is 1.87. The molecule has 1 unspecified atom stereocenters. The molecule has 0 saturated carbocycles. The second-order valence-electron chi connectivity index (χ2n) is 6.26. The van der Waals surface area contributed by atoms with Gasteiger partial charge in [0.25, 0.3) is 5.71 Å². The highest BCUT2D eigenvalue weighted by Gasteiger charge is 2.49. The summed E-state index contributed by atoms with van der Waals surface area (Å²) in [5.74, 6) is 0. The summed E-state index contributed by atoms with van der Waals surface area (Å²) < 4.78 is 0. The van der Waals surface area contributed by atoms with Gasteiger partial charge in [-0.05, 0) is 39.5 Å². The summed E-state index contributed by atoms with van der Waals surface area (Å²) in [6.45, 7) is 0. The Morgan fingerprint density at radius 2 is 1.91 bits per heavy atom. The Morgan fingerprint density at radius 1 is 1.00 bits per heavy atom. The predicted molar refractivity (Wildman–Crippen MR) is 91.9 cm³/mol. The van der Waals surface area contributed by atoms with Crippen molar-refractivity contribution < 1.29 is 4.79 Å². The molecule has 1 aromatic carbocycles. The number of hydrogen-bond donors (Lipinski definition) is 0. The first-order valence-electron chi connectivity index (χ1n) is 7.86. The third-order valence-corrected chi connectivity index (χ3v) is 5.22. The van der Waals surface area contributed by atoms with E-state index < -0.39 is 0 Å². The van der Waals surface area contributed by atoms with Gasteiger partial charge in [0.1, 0.15) is 0 Å². The van der Waals surface area contributed by atoms with Crippen LogP contribution < -0.4 is 0 Å². The van der Waals surface area contributed by atoms with Gasteiger partial charge < -0.3 is 5.53 Å². The van der Waals surface area contributed by atoms with Crippen molar-refractivity contribution in [2.75, 3.05) is 0 Å². The summed E-state index contributed by atoms with van der Waals surface area (Å²) >= 11 is 0. The topological polar surface area (TPSA) is 36.4 Å². The van der Waals surface area contributed by atoms with Crippen LogP contribution in [0.3, 0.4) is 0 Å². The minimum absolute atomic E-state index is 0.201. The van der Waals surface area contributed by atoms with E-state index in [1.165, 1.54) is 27.8 Å². The predicted octanol–water partition coefficient (Wildman–Crippen LogP) is 4.31. The van der Waals surface area contributed by atoms with Crippen LogP contribution in [0.4, 0.5) is 0 Å². The van der Waals surface area contributed by atoms with Crippen molar-refractivity contribution in [3.05, 3.63) is 106 Å². The van der Waals surface area contributed by atoms with Crippen LogP contribution in [0.15, 0.2) is 89.1 Å². The Bertz CT molecular complexity index is 988. The summed E-state index contributed by atoms with van der Waals surface area (Å²) in [7, 11) is 0. The van der Waals surface area contributed by atoms with Crippen molar-refractivity contribution in [1.29, 1.82) is 0 Å². The number of nitrogens with zero attached hydrogens (tertiary/aromatic N) is 2. The molecule has 2 nitrogen and oxygen atoms in total. The van der Waals surface area contributed by atoms with Gasteiger partial charge >= 0.3 is 0 Å². The molecule has 0 N–H and O–H groups in total. The minimum Gasteiger partial charge on any atom is -0.361 e. The van der Waals surface area contributed by atoms with Crippen molar-refractivity contribution >= 4 is 11.8 Å². The van der Waals surface area contributed by atoms with E-state index in [-0.39, 0.29) is 5.41 Å². The second-order valence-corrected chi connectivity index (χ2v) is 6.26. The van der Waals surface area contributed by atoms with Crippen LogP contribution in [-0.4, -0.2) is 10.5 Å². The summed E-state index contributed by atoms with van der Waals surface area (Å²) in [6.07, 6.45) is 18.1. The van der Waals surface area contributed by atoms with Gasteiger partial charge in [-0.15, -0.1) is 0 Å². The molecule has 0 fully saturated rings. The van der Waals surface area contributed by atoms with Crippen LogP contribution in [0, 0.1) is 0 Å². The van der Waals surface area contributed by atoms with E-state index in [0.717, 1.165) is 5.57 Å². The molecular formula is C21H14N2. The Hall–Kier alpha value is -2.96. The molecule has 5 rings (SSSR count). The van der Waals surface area contributed by atoms with Crippen LogP contribution in [0.2, 0.25) is 0 Å². The number of hydrogen-bond acceptors (Lipinski definition) is 0. The highest BCUT2D eigenvalue weighted by Crippen LogP contribution is 2.58. The molecule has 0 amide bonds. The second kappa shape index (κ2) is 4.28. The van der Waals surface area contributed by atoms with Gasteiger partial charge in [-0.2, -0.15) is 4.79 Å². The van der Waals surface area contributed by atoms with Gasteiger partial charge in [0, 0.05) is 6.08 Å². The van der Waals surface area contributed by atoms with E-state index in [2.05, 4.69) is 71.6 Å².